The van der Waals surface area contributed by atoms with Gasteiger partial charge < -0.3 is 21.3 Å². The first kappa shape index (κ1) is 19.3. The zero-order valence-electron chi connectivity index (χ0n) is 14.4. The molecule has 0 bridgehead atoms. The van der Waals surface area contributed by atoms with Crippen molar-refractivity contribution in [1.29, 1.82) is 0 Å². The monoisotopic (exact) mass is 369 g/mol. The zero-order valence-corrected chi connectivity index (χ0v) is 15.2. The lowest BCUT2D eigenvalue weighted by Crippen LogP contribution is -2.50. The molecule has 2 rings (SSSR count). The Balaban J connectivity index is 1.89. The highest BCUT2D eigenvalue weighted by Gasteiger charge is 2.21. The number of hydrogen-bond acceptors (Lipinski definition) is 2. The maximum atomic E-state index is 13.8. The van der Waals surface area contributed by atoms with Gasteiger partial charge >= 0.3 is 6.03 Å². The molecule has 0 saturated carbocycles. The van der Waals surface area contributed by atoms with E-state index in [9.17, 15) is 9.18 Å². The smallest absolute Gasteiger partial charge is 0.314 e. The molecule has 8 heteroatoms. The highest BCUT2D eigenvalue weighted by atomic mass is 35.5. The van der Waals surface area contributed by atoms with Crippen molar-refractivity contribution < 1.29 is 9.18 Å². The number of carbonyl (C=O) groups excluding carboxylic acids is 1. The molecule has 138 valence electrons. The maximum absolute atomic E-state index is 13.8. The molecule has 0 aliphatic carbocycles. The summed E-state index contributed by atoms with van der Waals surface area (Å²) < 4.78 is 13.8. The number of guanidine groups is 1. The molecule has 0 aromatic heterocycles. The normalized spacial score (nSPS) is 16.0. The minimum absolute atomic E-state index is 0.227. The third kappa shape index (κ3) is 5.77. The first-order chi connectivity index (χ1) is 12.0. The molecule has 1 heterocycles. The quantitative estimate of drug-likeness (QED) is 0.549. The Labute approximate surface area is 152 Å². The highest BCUT2D eigenvalue weighted by Crippen LogP contribution is 2.19. The zero-order chi connectivity index (χ0) is 18.2. The van der Waals surface area contributed by atoms with Crippen LogP contribution in [-0.4, -0.2) is 49.1 Å². The molecule has 0 radical (unpaired) electrons. The molecule has 1 aliphatic heterocycles. The molecule has 0 spiro atoms. The first-order valence-corrected chi connectivity index (χ1v) is 8.91. The fraction of sp³-hybridized carbons (Fsp3) is 0.529. The number of benzene rings is 1. The van der Waals surface area contributed by atoms with E-state index >= 15 is 0 Å². The Kier molecular flexibility index (Phi) is 7.31. The molecule has 0 unspecified atom stereocenters. The fourth-order valence-electron chi connectivity index (χ4n) is 2.81. The fourth-order valence-corrected chi connectivity index (χ4v) is 3.07. The molecule has 0 atom stereocenters. The number of nitrogens with zero attached hydrogens (tertiary/aromatic N) is 2. The number of nitrogens with one attached hydrogen (secondary N) is 2. The molecule has 1 aromatic rings. The van der Waals surface area contributed by atoms with Crippen molar-refractivity contribution in [2.45, 2.75) is 32.2 Å². The number of urea groups is 1. The minimum atomic E-state index is -0.374. The minimum Gasteiger partial charge on any atom is -0.357 e. The maximum Gasteiger partial charge on any atom is 0.314 e. The van der Waals surface area contributed by atoms with E-state index in [2.05, 4.69) is 15.6 Å². The Morgan fingerprint density at radius 2 is 2.16 bits per heavy atom. The van der Waals surface area contributed by atoms with Gasteiger partial charge in [-0.1, -0.05) is 17.7 Å². The lowest BCUT2D eigenvalue weighted by molar-refractivity contribution is 0.188. The summed E-state index contributed by atoms with van der Waals surface area (Å²) in [5.41, 5.74) is 5.78. The average Bonchev–Trinajstić information content (AvgIpc) is 2.58. The van der Waals surface area contributed by atoms with Crippen LogP contribution >= 0.6 is 11.6 Å². The molecule has 25 heavy (non-hydrogen) atoms. The van der Waals surface area contributed by atoms with Crippen molar-refractivity contribution in [3.05, 3.63) is 34.6 Å². The summed E-state index contributed by atoms with van der Waals surface area (Å²) in [4.78, 5) is 17.3. The number of rotatable bonds is 5. The predicted molar refractivity (Wildman–Crippen MR) is 98.4 cm³/mol. The van der Waals surface area contributed by atoms with Gasteiger partial charge in [-0.05, 0) is 38.3 Å². The Morgan fingerprint density at radius 3 is 2.76 bits per heavy atom. The topological polar surface area (TPSA) is 82.8 Å². The van der Waals surface area contributed by atoms with Gasteiger partial charge in [-0.3, -0.25) is 4.99 Å². The molecule has 6 nitrogen and oxygen atoms in total. The van der Waals surface area contributed by atoms with E-state index in [4.69, 9.17) is 17.3 Å². The van der Waals surface area contributed by atoms with Crippen molar-refractivity contribution in [2.75, 3.05) is 26.2 Å². The van der Waals surface area contributed by atoms with E-state index in [1.165, 1.54) is 6.07 Å². The molecule has 4 N–H and O–H groups in total. The number of likely N-dealkylation sites (tertiary alicyclic amines) is 1. The summed E-state index contributed by atoms with van der Waals surface area (Å²) in [7, 11) is 0. The van der Waals surface area contributed by atoms with Crippen LogP contribution in [-0.2, 0) is 6.42 Å². The number of hydrogen-bond donors (Lipinski definition) is 3. The second kappa shape index (κ2) is 9.46. The summed E-state index contributed by atoms with van der Waals surface area (Å²) in [6.45, 7) is 4.41. The van der Waals surface area contributed by atoms with Gasteiger partial charge in [0.2, 0.25) is 0 Å². The van der Waals surface area contributed by atoms with Crippen LogP contribution in [0.4, 0.5) is 9.18 Å². The van der Waals surface area contributed by atoms with Gasteiger partial charge in [-0.25, -0.2) is 9.18 Å². The van der Waals surface area contributed by atoms with E-state index in [1.54, 1.807) is 17.0 Å². The van der Waals surface area contributed by atoms with E-state index in [0.29, 0.717) is 42.6 Å². The Hall–Kier alpha value is -2.02. The lowest BCUT2D eigenvalue weighted by Gasteiger charge is -2.32. The summed E-state index contributed by atoms with van der Waals surface area (Å²) >= 11 is 6.04. The van der Waals surface area contributed by atoms with Crippen molar-refractivity contribution >= 4 is 23.6 Å². The van der Waals surface area contributed by atoms with Crippen LogP contribution in [0.5, 0.6) is 0 Å². The SMILES string of the molecule is CCNC(=NCCc1c(F)cccc1Cl)NC1CCN(C(N)=O)CC1. The summed E-state index contributed by atoms with van der Waals surface area (Å²) in [5.74, 6) is 0.381. The van der Waals surface area contributed by atoms with Crippen LogP contribution in [0.15, 0.2) is 23.2 Å². The van der Waals surface area contributed by atoms with Gasteiger partial charge in [-0.2, -0.15) is 0 Å². The third-order valence-corrected chi connectivity index (χ3v) is 4.54. The van der Waals surface area contributed by atoms with Crippen LogP contribution in [0.25, 0.3) is 0 Å². The van der Waals surface area contributed by atoms with Crippen LogP contribution in [0, 0.1) is 5.82 Å². The van der Waals surface area contributed by atoms with Crippen LogP contribution in [0.1, 0.15) is 25.3 Å². The van der Waals surface area contributed by atoms with Crippen LogP contribution < -0.4 is 16.4 Å². The lowest BCUT2D eigenvalue weighted by atomic mass is 10.1. The second-order valence-electron chi connectivity index (χ2n) is 5.95. The third-order valence-electron chi connectivity index (χ3n) is 4.19. The van der Waals surface area contributed by atoms with Gasteiger partial charge in [-0.15, -0.1) is 0 Å². The van der Waals surface area contributed by atoms with Gasteiger partial charge in [0.05, 0.1) is 0 Å². The number of carbonyl (C=O) groups is 1. The van der Waals surface area contributed by atoms with Gasteiger partial charge in [0, 0.05) is 42.8 Å². The van der Waals surface area contributed by atoms with Crippen LogP contribution in [0.2, 0.25) is 5.02 Å². The Bertz CT molecular complexity index is 597. The van der Waals surface area contributed by atoms with E-state index in [-0.39, 0.29) is 17.9 Å². The van der Waals surface area contributed by atoms with Gasteiger partial charge in [0.1, 0.15) is 5.82 Å². The van der Waals surface area contributed by atoms with Gasteiger partial charge in [0.15, 0.2) is 5.96 Å². The molecule has 2 amide bonds. The van der Waals surface area contributed by atoms with Crippen LogP contribution in [0.3, 0.4) is 0 Å². The van der Waals surface area contributed by atoms with E-state index < -0.39 is 0 Å². The first-order valence-electron chi connectivity index (χ1n) is 8.53. The summed E-state index contributed by atoms with van der Waals surface area (Å²) in [5, 5.41) is 6.97. The standard InChI is InChI=1S/C17H25ClFN5O/c1-2-21-17(23-12-7-10-24(11-8-12)16(20)25)22-9-6-13-14(18)4-3-5-15(13)19/h3-5,12H,2,6-11H2,1H3,(H2,20,25)(H2,21,22,23). The van der Waals surface area contributed by atoms with Crippen molar-refractivity contribution in [1.82, 2.24) is 15.5 Å². The highest BCUT2D eigenvalue weighted by molar-refractivity contribution is 6.31. The van der Waals surface area contributed by atoms with E-state index in [0.717, 1.165) is 19.4 Å². The predicted octanol–water partition coefficient (Wildman–Crippen LogP) is 2.12. The van der Waals surface area contributed by atoms with E-state index in [1.807, 2.05) is 6.92 Å². The molecular weight excluding hydrogens is 345 g/mol. The van der Waals surface area contributed by atoms with Crippen molar-refractivity contribution in [2.24, 2.45) is 10.7 Å². The van der Waals surface area contributed by atoms with Crippen molar-refractivity contribution in [3.63, 3.8) is 0 Å². The molecule has 1 aromatic carbocycles. The van der Waals surface area contributed by atoms with Gasteiger partial charge in [0.25, 0.3) is 0 Å². The second-order valence-corrected chi connectivity index (χ2v) is 6.36. The number of piperidine rings is 1. The number of nitrogens with two attached hydrogens (primary N) is 1. The number of primary amides is 1. The number of aliphatic imine (C=N–C) groups is 1. The molecule has 1 aliphatic rings. The summed E-state index contributed by atoms with van der Waals surface area (Å²) in [6, 6.07) is 4.53. The summed E-state index contributed by atoms with van der Waals surface area (Å²) in [6.07, 6.45) is 2.06. The molecule has 1 saturated heterocycles. The molecular formula is C17H25ClFN5O. The average molecular weight is 370 g/mol. The number of amides is 2. The Morgan fingerprint density at radius 1 is 1.44 bits per heavy atom. The molecule has 1 fully saturated rings. The number of halogens is 2. The largest absolute Gasteiger partial charge is 0.357 e. The van der Waals surface area contributed by atoms with Crippen molar-refractivity contribution in [3.8, 4) is 0 Å².